The van der Waals surface area contributed by atoms with E-state index >= 15 is 0 Å². The Kier molecular flexibility index (Phi) is 4.74. The Labute approximate surface area is 112 Å². The SMILES string of the molecule is CCCNc1c(F)cccc1C(=O)N1CCOCC1. The normalized spacial score (nSPS) is 15.4. The summed E-state index contributed by atoms with van der Waals surface area (Å²) in [5.41, 5.74) is 0.705. The van der Waals surface area contributed by atoms with Crippen molar-refractivity contribution in [1.29, 1.82) is 0 Å². The molecule has 1 aliphatic heterocycles. The minimum atomic E-state index is -0.382. The van der Waals surface area contributed by atoms with Crippen LogP contribution in [-0.4, -0.2) is 43.7 Å². The molecule has 1 aromatic rings. The fourth-order valence-corrected chi connectivity index (χ4v) is 2.07. The number of carbonyl (C=O) groups excluding carboxylic acids is 1. The quantitative estimate of drug-likeness (QED) is 0.907. The lowest BCUT2D eigenvalue weighted by atomic mass is 10.1. The molecular weight excluding hydrogens is 247 g/mol. The summed E-state index contributed by atoms with van der Waals surface area (Å²) >= 11 is 0. The van der Waals surface area contributed by atoms with Crippen molar-refractivity contribution < 1.29 is 13.9 Å². The molecule has 0 bridgehead atoms. The Morgan fingerprint density at radius 3 is 2.84 bits per heavy atom. The molecule has 1 aromatic carbocycles. The summed E-state index contributed by atoms with van der Waals surface area (Å²) in [5, 5.41) is 3.00. The third-order valence-corrected chi connectivity index (χ3v) is 3.09. The third kappa shape index (κ3) is 3.23. The number of nitrogens with zero attached hydrogens (tertiary/aromatic N) is 1. The molecule has 0 spiro atoms. The summed E-state index contributed by atoms with van der Waals surface area (Å²) in [6.45, 7) is 4.84. The average Bonchev–Trinajstić information content (AvgIpc) is 2.46. The van der Waals surface area contributed by atoms with E-state index in [9.17, 15) is 9.18 Å². The van der Waals surface area contributed by atoms with Gasteiger partial charge < -0.3 is 15.0 Å². The zero-order valence-electron chi connectivity index (χ0n) is 11.1. The number of halogens is 1. The first-order valence-electron chi connectivity index (χ1n) is 6.63. The predicted molar refractivity (Wildman–Crippen MR) is 71.9 cm³/mol. The van der Waals surface area contributed by atoms with Crippen LogP contribution in [0.5, 0.6) is 0 Å². The van der Waals surface area contributed by atoms with Crippen molar-refractivity contribution in [2.75, 3.05) is 38.2 Å². The van der Waals surface area contributed by atoms with Crippen LogP contribution in [0.25, 0.3) is 0 Å². The second-order valence-corrected chi connectivity index (χ2v) is 4.49. The number of hydrogen-bond donors (Lipinski definition) is 1. The molecule has 1 N–H and O–H groups in total. The molecule has 1 amide bonds. The van der Waals surface area contributed by atoms with E-state index in [2.05, 4.69) is 5.32 Å². The molecule has 5 heteroatoms. The Bertz CT molecular complexity index is 445. The summed E-state index contributed by atoms with van der Waals surface area (Å²) in [5.74, 6) is -0.519. The molecule has 1 saturated heterocycles. The van der Waals surface area contributed by atoms with Gasteiger partial charge in [0.2, 0.25) is 0 Å². The van der Waals surface area contributed by atoms with E-state index in [0.717, 1.165) is 6.42 Å². The molecule has 4 nitrogen and oxygen atoms in total. The smallest absolute Gasteiger partial charge is 0.256 e. The van der Waals surface area contributed by atoms with Crippen LogP contribution >= 0.6 is 0 Å². The first-order valence-corrected chi connectivity index (χ1v) is 6.63. The maximum absolute atomic E-state index is 13.8. The van der Waals surface area contributed by atoms with E-state index in [4.69, 9.17) is 4.74 Å². The highest BCUT2D eigenvalue weighted by Crippen LogP contribution is 2.22. The van der Waals surface area contributed by atoms with Gasteiger partial charge in [0.05, 0.1) is 24.5 Å². The minimum absolute atomic E-state index is 0.138. The van der Waals surface area contributed by atoms with Crippen LogP contribution in [0, 0.1) is 5.82 Å². The van der Waals surface area contributed by atoms with Crippen molar-refractivity contribution in [3.8, 4) is 0 Å². The molecule has 1 fully saturated rings. The Hall–Kier alpha value is -1.62. The number of anilines is 1. The van der Waals surface area contributed by atoms with Gasteiger partial charge in [0.1, 0.15) is 5.82 Å². The van der Waals surface area contributed by atoms with Gasteiger partial charge >= 0.3 is 0 Å². The van der Waals surface area contributed by atoms with Crippen LogP contribution in [0.4, 0.5) is 10.1 Å². The highest BCUT2D eigenvalue weighted by Gasteiger charge is 2.22. The predicted octanol–water partition coefficient (Wildman–Crippen LogP) is 2.12. The van der Waals surface area contributed by atoms with Gasteiger partial charge in [-0.15, -0.1) is 0 Å². The number of hydrogen-bond acceptors (Lipinski definition) is 3. The van der Waals surface area contributed by atoms with Crippen molar-refractivity contribution >= 4 is 11.6 Å². The van der Waals surface area contributed by atoms with Crippen LogP contribution < -0.4 is 5.32 Å². The second kappa shape index (κ2) is 6.52. The van der Waals surface area contributed by atoms with Crippen molar-refractivity contribution in [2.24, 2.45) is 0 Å². The summed E-state index contributed by atoms with van der Waals surface area (Å²) < 4.78 is 19.1. The van der Waals surface area contributed by atoms with Crippen molar-refractivity contribution in [3.63, 3.8) is 0 Å². The zero-order valence-corrected chi connectivity index (χ0v) is 11.1. The largest absolute Gasteiger partial charge is 0.382 e. The van der Waals surface area contributed by atoms with Crippen LogP contribution in [0.3, 0.4) is 0 Å². The molecule has 19 heavy (non-hydrogen) atoms. The minimum Gasteiger partial charge on any atom is -0.382 e. The van der Waals surface area contributed by atoms with Crippen LogP contribution in [0.15, 0.2) is 18.2 Å². The fraction of sp³-hybridized carbons (Fsp3) is 0.500. The molecule has 104 valence electrons. The number of carbonyl (C=O) groups is 1. The summed E-state index contributed by atoms with van der Waals surface area (Å²) in [4.78, 5) is 14.1. The highest BCUT2D eigenvalue weighted by molar-refractivity contribution is 5.99. The van der Waals surface area contributed by atoms with E-state index < -0.39 is 0 Å². The van der Waals surface area contributed by atoms with Gasteiger partial charge in [0.25, 0.3) is 5.91 Å². The molecule has 0 atom stereocenters. The van der Waals surface area contributed by atoms with Crippen molar-refractivity contribution in [3.05, 3.63) is 29.6 Å². The summed E-state index contributed by atoms with van der Waals surface area (Å²) in [6.07, 6.45) is 0.875. The maximum Gasteiger partial charge on any atom is 0.256 e. The van der Waals surface area contributed by atoms with Crippen LogP contribution in [-0.2, 0) is 4.74 Å². The number of benzene rings is 1. The second-order valence-electron chi connectivity index (χ2n) is 4.49. The van der Waals surface area contributed by atoms with Gasteiger partial charge in [0, 0.05) is 19.6 Å². The molecule has 2 rings (SSSR count). The topological polar surface area (TPSA) is 41.6 Å². The highest BCUT2D eigenvalue weighted by atomic mass is 19.1. The molecular formula is C14H19FN2O2. The third-order valence-electron chi connectivity index (χ3n) is 3.09. The van der Waals surface area contributed by atoms with Gasteiger partial charge in [-0.05, 0) is 18.6 Å². The first-order chi connectivity index (χ1) is 9.24. The van der Waals surface area contributed by atoms with Gasteiger partial charge in [0.15, 0.2) is 0 Å². The Morgan fingerprint density at radius 1 is 1.42 bits per heavy atom. The molecule has 0 saturated carbocycles. The monoisotopic (exact) mass is 266 g/mol. The van der Waals surface area contributed by atoms with Gasteiger partial charge in [-0.25, -0.2) is 4.39 Å². The van der Waals surface area contributed by atoms with Gasteiger partial charge in [-0.3, -0.25) is 4.79 Å². The van der Waals surface area contributed by atoms with E-state index in [1.165, 1.54) is 6.07 Å². The molecule has 0 aliphatic carbocycles. The van der Waals surface area contributed by atoms with Crippen molar-refractivity contribution in [2.45, 2.75) is 13.3 Å². The van der Waals surface area contributed by atoms with Gasteiger partial charge in [-0.2, -0.15) is 0 Å². The number of amides is 1. The summed E-state index contributed by atoms with van der Waals surface area (Å²) in [7, 11) is 0. The first kappa shape index (κ1) is 13.8. The lowest BCUT2D eigenvalue weighted by molar-refractivity contribution is 0.0303. The maximum atomic E-state index is 13.8. The molecule has 1 aliphatic rings. The Morgan fingerprint density at radius 2 is 2.16 bits per heavy atom. The number of ether oxygens (including phenoxy) is 1. The zero-order chi connectivity index (χ0) is 13.7. The summed E-state index contributed by atoms with van der Waals surface area (Å²) in [6, 6.07) is 4.60. The van der Waals surface area contributed by atoms with E-state index in [-0.39, 0.29) is 11.7 Å². The average molecular weight is 266 g/mol. The van der Waals surface area contributed by atoms with Gasteiger partial charge in [-0.1, -0.05) is 13.0 Å². The fourth-order valence-electron chi connectivity index (χ4n) is 2.07. The number of rotatable bonds is 4. The lowest BCUT2D eigenvalue weighted by Gasteiger charge is -2.27. The van der Waals surface area contributed by atoms with E-state index in [0.29, 0.717) is 44.1 Å². The van der Waals surface area contributed by atoms with Crippen LogP contribution in [0.2, 0.25) is 0 Å². The molecule has 0 aromatic heterocycles. The van der Waals surface area contributed by atoms with Crippen LogP contribution in [0.1, 0.15) is 23.7 Å². The van der Waals surface area contributed by atoms with E-state index in [1.54, 1.807) is 17.0 Å². The number of morpholine rings is 1. The molecule has 0 unspecified atom stereocenters. The molecule has 1 heterocycles. The van der Waals surface area contributed by atoms with E-state index in [1.807, 2.05) is 6.92 Å². The molecule has 0 radical (unpaired) electrons. The standard InChI is InChI=1S/C14H19FN2O2/c1-2-6-16-13-11(4-3-5-12(13)15)14(18)17-7-9-19-10-8-17/h3-5,16H,2,6-10H2,1H3. The number of para-hydroxylation sites is 1. The Balaban J connectivity index is 2.22. The lowest BCUT2D eigenvalue weighted by Crippen LogP contribution is -2.41. The number of nitrogens with one attached hydrogen (secondary N) is 1. The van der Waals surface area contributed by atoms with Crippen molar-refractivity contribution in [1.82, 2.24) is 4.90 Å².